The molecule has 2 unspecified atom stereocenters. The molecule has 0 bridgehead atoms. The molecule has 2 aromatic heterocycles. The van der Waals surface area contributed by atoms with Crippen molar-refractivity contribution in [2.45, 2.75) is 24.6 Å². The van der Waals surface area contributed by atoms with Crippen LogP contribution in [0.2, 0.25) is 10.2 Å². The quantitative estimate of drug-likeness (QED) is 0.426. The third-order valence-corrected chi connectivity index (χ3v) is 5.40. The normalized spacial score (nSPS) is 14.5. The summed E-state index contributed by atoms with van der Waals surface area (Å²) in [4.78, 5) is 18.4. The molecule has 0 aliphatic heterocycles. The molecule has 6 nitrogen and oxygen atoms in total. The van der Waals surface area contributed by atoms with Crippen molar-refractivity contribution >= 4 is 29.2 Å². The second-order valence-corrected chi connectivity index (χ2v) is 7.62. The summed E-state index contributed by atoms with van der Waals surface area (Å²) in [6.07, 6.45) is -2.88. The van der Waals surface area contributed by atoms with E-state index < -0.39 is 29.2 Å². The van der Waals surface area contributed by atoms with Gasteiger partial charge in [-0.1, -0.05) is 36.2 Å². The number of alkyl halides is 3. The van der Waals surface area contributed by atoms with Gasteiger partial charge in [0.1, 0.15) is 10.9 Å². The fourth-order valence-corrected chi connectivity index (χ4v) is 3.64. The summed E-state index contributed by atoms with van der Waals surface area (Å²) in [6, 6.07) is 8.53. The van der Waals surface area contributed by atoms with E-state index >= 15 is 0 Å². The fraction of sp³-hybridized carbons (Fsp3) is 0.190. The molecule has 2 heterocycles. The van der Waals surface area contributed by atoms with Crippen molar-refractivity contribution in [3.8, 4) is 11.6 Å². The number of ether oxygens (including phenoxy) is 1. The van der Waals surface area contributed by atoms with Gasteiger partial charge in [-0.3, -0.25) is 0 Å². The number of halogens is 5. The molecule has 0 saturated heterocycles. The van der Waals surface area contributed by atoms with Crippen LogP contribution in [0.25, 0.3) is 0 Å². The van der Waals surface area contributed by atoms with E-state index in [1.807, 2.05) is 0 Å². The standard InChI is InChI=1S/C21H15Cl2F3N2O4/c1-11(20(31,21(24,25)26)13-6-7-27-17(23)8-13)15-4-3-14(9-16(15)22)32-18-5-2-12(10-28-18)19(29)30/h2-11,31H,1H3,(H,29,30). The van der Waals surface area contributed by atoms with E-state index in [1.54, 1.807) is 0 Å². The predicted molar refractivity (Wildman–Crippen MR) is 110 cm³/mol. The van der Waals surface area contributed by atoms with Crippen molar-refractivity contribution < 1.29 is 32.9 Å². The molecule has 3 rings (SSSR count). The summed E-state index contributed by atoms with van der Waals surface area (Å²) in [7, 11) is 0. The summed E-state index contributed by atoms with van der Waals surface area (Å²) in [5.74, 6) is -2.46. The van der Waals surface area contributed by atoms with Crippen LogP contribution in [0.3, 0.4) is 0 Å². The SMILES string of the molecule is CC(c1ccc(Oc2ccc(C(=O)O)cn2)cc1Cl)C(O)(c1ccnc(Cl)c1)C(F)(F)F. The first-order valence-electron chi connectivity index (χ1n) is 9.01. The third-order valence-electron chi connectivity index (χ3n) is 4.87. The zero-order valence-corrected chi connectivity index (χ0v) is 17.8. The van der Waals surface area contributed by atoms with Gasteiger partial charge in [-0.2, -0.15) is 13.2 Å². The van der Waals surface area contributed by atoms with Crippen molar-refractivity contribution in [1.82, 2.24) is 9.97 Å². The topological polar surface area (TPSA) is 92.5 Å². The van der Waals surface area contributed by atoms with Crippen LogP contribution in [0.1, 0.15) is 34.3 Å². The number of carboxylic acid groups (broad SMARTS) is 1. The zero-order chi connectivity index (χ0) is 23.7. The Kier molecular flexibility index (Phi) is 6.64. The Morgan fingerprint density at radius 2 is 1.81 bits per heavy atom. The van der Waals surface area contributed by atoms with Gasteiger partial charge in [0.15, 0.2) is 5.60 Å². The molecule has 32 heavy (non-hydrogen) atoms. The van der Waals surface area contributed by atoms with E-state index in [0.717, 1.165) is 24.5 Å². The van der Waals surface area contributed by atoms with Crippen molar-refractivity contribution in [3.63, 3.8) is 0 Å². The number of aliphatic hydroxyl groups is 1. The first-order valence-corrected chi connectivity index (χ1v) is 9.77. The van der Waals surface area contributed by atoms with Crippen LogP contribution in [0.5, 0.6) is 11.6 Å². The van der Waals surface area contributed by atoms with E-state index in [-0.39, 0.29) is 32.9 Å². The number of carbonyl (C=O) groups is 1. The van der Waals surface area contributed by atoms with Crippen molar-refractivity contribution in [2.75, 3.05) is 0 Å². The average molecular weight is 487 g/mol. The minimum Gasteiger partial charge on any atom is -0.478 e. The molecule has 2 N–H and O–H groups in total. The highest BCUT2D eigenvalue weighted by molar-refractivity contribution is 6.31. The number of pyridine rings is 2. The first kappa shape index (κ1) is 23.8. The van der Waals surface area contributed by atoms with Crippen LogP contribution in [-0.4, -0.2) is 32.3 Å². The molecule has 0 aliphatic carbocycles. The first-order chi connectivity index (χ1) is 14.9. The summed E-state index contributed by atoms with van der Waals surface area (Å²) >= 11 is 12.0. The smallest absolute Gasteiger partial charge is 0.422 e. The zero-order valence-electron chi connectivity index (χ0n) is 16.3. The largest absolute Gasteiger partial charge is 0.478 e. The highest BCUT2D eigenvalue weighted by atomic mass is 35.5. The van der Waals surface area contributed by atoms with Gasteiger partial charge in [-0.05, 0) is 41.5 Å². The molecule has 2 atom stereocenters. The van der Waals surface area contributed by atoms with Gasteiger partial charge in [0.25, 0.3) is 0 Å². The predicted octanol–water partition coefficient (Wildman–Crippen LogP) is 5.83. The lowest BCUT2D eigenvalue weighted by atomic mass is 9.78. The molecule has 11 heteroatoms. The number of rotatable bonds is 6. The molecule has 0 radical (unpaired) electrons. The Bertz CT molecular complexity index is 1140. The van der Waals surface area contributed by atoms with Crippen LogP contribution in [0.15, 0.2) is 54.9 Å². The van der Waals surface area contributed by atoms with Gasteiger partial charge in [0.2, 0.25) is 5.88 Å². The van der Waals surface area contributed by atoms with Crippen molar-refractivity contribution in [1.29, 1.82) is 0 Å². The number of hydrogen-bond acceptors (Lipinski definition) is 5. The summed E-state index contributed by atoms with van der Waals surface area (Å²) in [6.45, 7) is 1.19. The van der Waals surface area contributed by atoms with E-state index in [4.69, 9.17) is 33.0 Å². The second-order valence-electron chi connectivity index (χ2n) is 6.83. The van der Waals surface area contributed by atoms with Gasteiger partial charge in [-0.25, -0.2) is 14.8 Å². The number of nitrogens with zero attached hydrogens (tertiary/aromatic N) is 2. The van der Waals surface area contributed by atoms with Gasteiger partial charge in [-0.15, -0.1) is 0 Å². The van der Waals surface area contributed by atoms with Crippen LogP contribution in [0, 0.1) is 0 Å². The highest BCUT2D eigenvalue weighted by Gasteiger charge is 2.59. The average Bonchev–Trinajstić information content (AvgIpc) is 2.72. The Hall–Kier alpha value is -2.88. The minimum atomic E-state index is -5.05. The van der Waals surface area contributed by atoms with Gasteiger partial charge < -0.3 is 14.9 Å². The molecule has 0 aliphatic rings. The van der Waals surface area contributed by atoms with Crippen molar-refractivity contribution in [2.24, 2.45) is 0 Å². The molecule has 0 spiro atoms. The molecular formula is C21H15Cl2F3N2O4. The number of aromatic carboxylic acids is 1. The highest BCUT2D eigenvalue weighted by Crippen LogP contribution is 2.50. The lowest BCUT2D eigenvalue weighted by Crippen LogP contribution is -2.46. The third kappa shape index (κ3) is 4.64. The number of hydrogen-bond donors (Lipinski definition) is 2. The molecule has 0 amide bonds. The maximum absolute atomic E-state index is 14.0. The minimum absolute atomic E-state index is 0.0148. The lowest BCUT2D eigenvalue weighted by molar-refractivity contribution is -0.274. The Morgan fingerprint density at radius 3 is 2.34 bits per heavy atom. The number of carboxylic acids is 1. The summed E-state index contributed by atoms with van der Waals surface area (Å²) in [5.41, 5.74) is -3.79. The molecule has 0 fully saturated rings. The van der Waals surface area contributed by atoms with Gasteiger partial charge in [0.05, 0.1) is 5.56 Å². The van der Waals surface area contributed by atoms with E-state index in [9.17, 15) is 23.1 Å². The van der Waals surface area contributed by atoms with Crippen molar-refractivity contribution in [3.05, 3.63) is 81.7 Å². The van der Waals surface area contributed by atoms with Crippen LogP contribution in [-0.2, 0) is 5.60 Å². The Balaban J connectivity index is 1.93. The maximum atomic E-state index is 14.0. The molecule has 168 valence electrons. The maximum Gasteiger partial charge on any atom is 0.422 e. The van der Waals surface area contributed by atoms with E-state index in [2.05, 4.69) is 9.97 Å². The fourth-order valence-electron chi connectivity index (χ4n) is 3.13. The number of benzene rings is 1. The van der Waals surface area contributed by atoms with Crippen LogP contribution >= 0.6 is 23.2 Å². The lowest BCUT2D eigenvalue weighted by Gasteiger charge is -2.37. The summed E-state index contributed by atoms with van der Waals surface area (Å²) < 4.78 is 47.5. The monoisotopic (exact) mass is 486 g/mol. The van der Waals surface area contributed by atoms with Gasteiger partial charge >= 0.3 is 12.1 Å². The van der Waals surface area contributed by atoms with Gasteiger partial charge in [0, 0.05) is 29.4 Å². The summed E-state index contributed by atoms with van der Waals surface area (Å²) in [5, 5.41) is 19.4. The van der Waals surface area contributed by atoms with E-state index in [1.165, 1.54) is 37.3 Å². The molecular weight excluding hydrogens is 472 g/mol. The number of aromatic nitrogens is 2. The van der Waals surface area contributed by atoms with Crippen LogP contribution < -0.4 is 4.74 Å². The van der Waals surface area contributed by atoms with Crippen LogP contribution in [0.4, 0.5) is 13.2 Å². The molecule has 3 aromatic rings. The second kappa shape index (κ2) is 8.93. The molecule has 1 aromatic carbocycles. The Morgan fingerprint density at radius 1 is 1.09 bits per heavy atom. The van der Waals surface area contributed by atoms with E-state index in [0.29, 0.717) is 0 Å². The molecule has 0 saturated carbocycles. The Labute approximate surface area is 190 Å².